The zero-order chi connectivity index (χ0) is 15.1. The molecule has 1 aromatic heterocycles. The maximum absolute atomic E-state index is 13.0. The van der Waals surface area contributed by atoms with E-state index in [0.29, 0.717) is 0 Å². The van der Waals surface area contributed by atoms with Gasteiger partial charge in [0.1, 0.15) is 5.52 Å². The number of nitrogens with zero attached hydrogens (tertiary/aromatic N) is 1. The Balaban J connectivity index is 2.47. The van der Waals surface area contributed by atoms with E-state index < -0.39 is 35.0 Å². The van der Waals surface area contributed by atoms with Crippen molar-refractivity contribution in [1.82, 2.24) is 9.97 Å². The van der Waals surface area contributed by atoms with Crippen LogP contribution in [0.25, 0.3) is 11.0 Å². The highest BCUT2D eigenvalue weighted by molar-refractivity contribution is 6.20. The number of hydrogen-bond donors (Lipinski definition) is 1. The van der Waals surface area contributed by atoms with Crippen LogP contribution < -0.4 is 4.74 Å². The van der Waals surface area contributed by atoms with Crippen LogP contribution in [-0.4, -0.2) is 21.7 Å². The fraction of sp³-hybridized carbons (Fsp3) is 0.300. The average molecular weight is 319 g/mol. The highest BCUT2D eigenvalue weighted by atomic mass is 35.5. The molecule has 0 fully saturated rings. The first-order valence-corrected chi connectivity index (χ1v) is 5.46. The van der Waals surface area contributed by atoms with Crippen LogP contribution in [0.3, 0.4) is 0 Å². The predicted octanol–water partition coefficient (Wildman–Crippen LogP) is 4.09. The van der Waals surface area contributed by atoms with Crippen LogP contribution in [0.1, 0.15) is 5.82 Å². The molecule has 2 rings (SSSR count). The molecule has 1 aromatic carbocycles. The van der Waals surface area contributed by atoms with E-state index in [1.165, 1.54) is 0 Å². The van der Waals surface area contributed by atoms with Crippen LogP contribution in [0.15, 0.2) is 18.2 Å². The smallest absolute Gasteiger partial charge is 0.427 e. The largest absolute Gasteiger partial charge is 0.449 e. The minimum Gasteiger partial charge on any atom is -0.427 e. The quantitative estimate of drug-likeness (QED) is 0.684. The van der Waals surface area contributed by atoms with E-state index >= 15 is 0 Å². The minimum atomic E-state index is -4.78. The summed E-state index contributed by atoms with van der Waals surface area (Å²) < 4.78 is 79.9. The van der Waals surface area contributed by atoms with Gasteiger partial charge in [0.25, 0.3) is 5.63 Å². The third-order valence-corrected chi connectivity index (χ3v) is 2.50. The zero-order valence-electron chi connectivity index (χ0n) is 9.31. The number of H-pyrrole nitrogens is 1. The number of aromatic nitrogens is 2. The fourth-order valence-electron chi connectivity index (χ4n) is 1.42. The first-order chi connectivity index (χ1) is 9.11. The fourth-order valence-corrected chi connectivity index (χ4v) is 1.46. The molecule has 110 valence electrons. The molecule has 2 aromatic rings. The highest BCUT2D eigenvalue weighted by Gasteiger charge is 2.43. The van der Waals surface area contributed by atoms with E-state index in [-0.39, 0.29) is 5.52 Å². The summed E-state index contributed by atoms with van der Waals surface area (Å²) >= 11 is 4.60. The monoisotopic (exact) mass is 318 g/mol. The Morgan fingerprint density at radius 1 is 1.20 bits per heavy atom. The highest BCUT2D eigenvalue weighted by Crippen LogP contribution is 2.35. The predicted molar refractivity (Wildman–Crippen MR) is 57.4 cm³/mol. The van der Waals surface area contributed by atoms with E-state index in [4.69, 9.17) is 0 Å². The van der Waals surface area contributed by atoms with Gasteiger partial charge in [0, 0.05) is 0 Å². The lowest BCUT2D eigenvalue weighted by atomic mass is 10.3. The van der Waals surface area contributed by atoms with Gasteiger partial charge in [-0.1, -0.05) is 17.7 Å². The first kappa shape index (κ1) is 14.8. The second-order valence-electron chi connectivity index (χ2n) is 3.70. The standard InChI is InChI=1S/C10H5ClF6N2O/c11-7(12)10(16,17)20-5-3-1-2-4-6(5)19-8(18-4)9(13,14)15/h1-3,7H,(H,18,19). The van der Waals surface area contributed by atoms with Gasteiger partial charge in [0.2, 0.25) is 5.82 Å². The van der Waals surface area contributed by atoms with Crippen molar-refractivity contribution in [3.05, 3.63) is 24.0 Å². The Hall–Kier alpha value is -1.64. The van der Waals surface area contributed by atoms with Crippen molar-refractivity contribution in [2.45, 2.75) is 17.9 Å². The van der Waals surface area contributed by atoms with Crippen molar-refractivity contribution < 1.29 is 31.1 Å². The molecule has 0 radical (unpaired) electrons. The Morgan fingerprint density at radius 2 is 1.85 bits per heavy atom. The number of rotatable bonds is 3. The molecule has 1 atom stereocenters. The number of hydrogen-bond acceptors (Lipinski definition) is 2. The third-order valence-electron chi connectivity index (χ3n) is 2.25. The Kier molecular flexibility index (Phi) is 3.49. The normalized spacial score (nSPS) is 14.6. The molecular formula is C10H5ClF6N2O. The summed E-state index contributed by atoms with van der Waals surface area (Å²) in [5.74, 6) is -2.08. The lowest BCUT2D eigenvalue weighted by Crippen LogP contribution is -2.32. The van der Waals surface area contributed by atoms with Crippen LogP contribution in [-0.2, 0) is 6.18 Å². The van der Waals surface area contributed by atoms with Crippen molar-refractivity contribution in [1.29, 1.82) is 0 Å². The number of imidazole rings is 1. The Morgan fingerprint density at radius 3 is 2.40 bits per heavy atom. The number of para-hydroxylation sites is 1. The summed E-state index contributed by atoms with van der Waals surface area (Å²) in [6.45, 7) is 0. The molecule has 0 aliphatic carbocycles. The lowest BCUT2D eigenvalue weighted by molar-refractivity contribution is -0.198. The van der Waals surface area contributed by atoms with Crippen molar-refractivity contribution in [3.63, 3.8) is 0 Å². The number of nitrogens with one attached hydrogen (secondary N) is 1. The van der Waals surface area contributed by atoms with Gasteiger partial charge in [-0.05, 0) is 12.1 Å². The van der Waals surface area contributed by atoms with Gasteiger partial charge >= 0.3 is 12.3 Å². The molecule has 0 saturated carbocycles. The number of benzene rings is 1. The Bertz CT molecular complexity index is 624. The summed E-state index contributed by atoms with van der Waals surface area (Å²) in [5.41, 5.74) is -3.84. The molecule has 20 heavy (non-hydrogen) atoms. The van der Waals surface area contributed by atoms with Gasteiger partial charge in [-0.25, -0.2) is 9.37 Å². The molecule has 1 unspecified atom stereocenters. The average Bonchev–Trinajstić information content (AvgIpc) is 2.73. The zero-order valence-corrected chi connectivity index (χ0v) is 10.1. The van der Waals surface area contributed by atoms with Gasteiger partial charge in [0.15, 0.2) is 5.75 Å². The molecule has 1 heterocycles. The summed E-state index contributed by atoms with van der Waals surface area (Å²) in [5, 5.41) is 0. The number of halogens is 7. The Labute approximate surface area is 112 Å². The molecule has 0 aliphatic heterocycles. The molecule has 0 spiro atoms. The topological polar surface area (TPSA) is 37.9 Å². The number of alkyl halides is 7. The van der Waals surface area contributed by atoms with Gasteiger partial charge in [-0.2, -0.15) is 22.0 Å². The molecule has 0 saturated heterocycles. The lowest BCUT2D eigenvalue weighted by Gasteiger charge is -2.17. The van der Waals surface area contributed by atoms with Crippen LogP contribution in [0.4, 0.5) is 26.3 Å². The maximum atomic E-state index is 13.0. The van der Waals surface area contributed by atoms with E-state index in [0.717, 1.165) is 18.2 Å². The van der Waals surface area contributed by atoms with E-state index in [1.807, 2.05) is 0 Å². The van der Waals surface area contributed by atoms with Crippen LogP contribution in [0.2, 0.25) is 0 Å². The summed E-state index contributed by atoms with van der Waals surface area (Å²) in [7, 11) is 0. The number of fused-ring (bicyclic) bond motifs is 1. The van der Waals surface area contributed by atoms with Crippen LogP contribution in [0, 0.1) is 0 Å². The van der Waals surface area contributed by atoms with Crippen molar-refractivity contribution in [2.75, 3.05) is 0 Å². The maximum Gasteiger partial charge on any atom is 0.449 e. The molecule has 0 aliphatic rings. The van der Waals surface area contributed by atoms with Gasteiger partial charge < -0.3 is 9.72 Å². The van der Waals surface area contributed by atoms with Gasteiger partial charge in [-0.15, -0.1) is 0 Å². The van der Waals surface area contributed by atoms with Crippen molar-refractivity contribution in [3.8, 4) is 5.75 Å². The summed E-state index contributed by atoms with van der Waals surface area (Å²) in [6, 6.07) is 3.23. The number of aromatic amines is 1. The van der Waals surface area contributed by atoms with E-state index in [2.05, 4.69) is 21.3 Å². The summed E-state index contributed by atoms with van der Waals surface area (Å²) in [4.78, 5) is 4.99. The second kappa shape index (κ2) is 4.72. The minimum absolute atomic E-state index is 0.254. The van der Waals surface area contributed by atoms with Crippen molar-refractivity contribution in [2.24, 2.45) is 0 Å². The summed E-state index contributed by atoms with van der Waals surface area (Å²) in [6.07, 6.45) is -9.17. The second-order valence-corrected chi connectivity index (χ2v) is 4.08. The molecular weight excluding hydrogens is 314 g/mol. The molecule has 0 bridgehead atoms. The molecule has 1 N–H and O–H groups in total. The van der Waals surface area contributed by atoms with Crippen molar-refractivity contribution >= 4 is 22.6 Å². The van der Waals surface area contributed by atoms with E-state index in [9.17, 15) is 26.3 Å². The van der Waals surface area contributed by atoms with Gasteiger partial charge in [0.05, 0.1) is 5.52 Å². The molecule has 0 amide bonds. The molecule has 3 nitrogen and oxygen atoms in total. The van der Waals surface area contributed by atoms with Crippen LogP contribution in [0.5, 0.6) is 5.75 Å². The molecule has 10 heteroatoms. The van der Waals surface area contributed by atoms with Crippen LogP contribution >= 0.6 is 11.6 Å². The first-order valence-electron chi connectivity index (χ1n) is 5.02. The SMILES string of the molecule is FC(Cl)C(F)(F)Oc1cccc2nc(C(F)(F)F)[nH]c12. The third kappa shape index (κ3) is 2.77. The van der Waals surface area contributed by atoms with Gasteiger partial charge in [-0.3, -0.25) is 0 Å². The van der Waals surface area contributed by atoms with E-state index in [1.54, 1.807) is 4.98 Å². The number of ether oxygens (including phenoxy) is 1.